The van der Waals surface area contributed by atoms with Crippen LogP contribution in [0.5, 0.6) is 11.5 Å². The van der Waals surface area contributed by atoms with E-state index >= 15 is 0 Å². The lowest BCUT2D eigenvalue weighted by molar-refractivity contribution is 0.449. The first kappa shape index (κ1) is 52.8. The van der Waals surface area contributed by atoms with Gasteiger partial charge in [0.25, 0.3) is 0 Å². The first-order valence-corrected chi connectivity index (χ1v) is 27.8. The number of phenolic OH excluding ortho intramolecular Hbond substituents is 2. The van der Waals surface area contributed by atoms with Crippen molar-refractivity contribution >= 4 is 32.9 Å². The molecule has 82 heavy (non-hydrogen) atoms. The van der Waals surface area contributed by atoms with Crippen molar-refractivity contribution in [3.05, 3.63) is 273 Å². The number of phenols is 2. The number of hydrogen-bond donors (Lipinski definition) is 2. The molecule has 402 valence electrons. The minimum Gasteiger partial charge on any atom is -0.507 e. The Hall–Kier alpha value is -9.92. The lowest BCUT2D eigenvalue weighted by Crippen LogP contribution is -2.00. The highest BCUT2D eigenvalue weighted by Crippen LogP contribution is 2.49. The van der Waals surface area contributed by atoms with Crippen molar-refractivity contribution in [2.45, 2.75) is 67.5 Å². The van der Waals surface area contributed by atoms with Crippen LogP contribution in [0.2, 0.25) is 0 Å². The van der Waals surface area contributed by atoms with Gasteiger partial charge in [-0.3, -0.25) is 0 Å². The molecule has 0 saturated heterocycles. The van der Waals surface area contributed by atoms with Crippen molar-refractivity contribution in [3.63, 3.8) is 0 Å². The van der Waals surface area contributed by atoms with Gasteiger partial charge in [0.1, 0.15) is 23.0 Å². The van der Waals surface area contributed by atoms with Crippen LogP contribution < -0.4 is 0 Å². The van der Waals surface area contributed by atoms with Crippen molar-refractivity contribution in [1.82, 2.24) is 0 Å². The molecule has 0 aliphatic carbocycles. The second-order valence-electron chi connectivity index (χ2n) is 21.8. The smallest absolute Gasteiger partial charge is 0.173 e. The van der Waals surface area contributed by atoms with Gasteiger partial charge >= 0.3 is 0 Å². The number of benzene rings is 10. The van der Waals surface area contributed by atoms with Crippen molar-refractivity contribution in [2.24, 2.45) is 20.5 Å². The SMILES string of the molecule is Cc1ccc(-c2cc(C(N=Nc3ccc4ccccc4c3)c3oc(-c4oc(C(N=Nc5ccc6ccccc6c5)c5cc(-c6ccc(C)cc6)c(O)c(-c6ccc(C)cc6)c5)c(C)c4C)c(C)c3C)cc(-c3ccc(C)cc3)c2O)cc1. The number of hydrogen-bond acceptors (Lipinski definition) is 8. The summed E-state index contributed by atoms with van der Waals surface area (Å²) in [5.74, 6) is 2.61. The van der Waals surface area contributed by atoms with E-state index in [0.717, 1.165) is 99.4 Å². The maximum Gasteiger partial charge on any atom is 0.173 e. The lowest BCUT2D eigenvalue weighted by atomic mass is 9.90. The zero-order valence-corrected chi connectivity index (χ0v) is 47.3. The van der Waals surface area contributed by atoms with Gasteiger partial charge in [0, 0.05) is 33.4 Å². The number of azo groups is 2. The molecule has 0 aliphatic rings. The minimum absolute atomic E-state index is 0.168. The molecule has 0 saturated carbocycles. The quantitative estimate of drug-likeness (QED) is 0.112. The van der Waals surface area contributed by atoms with Gasteiger partial charge in [-0.2, -0.15) is 20.5 Å². The Morgan fingerprint density at radius 1 is 0.317 bits per heavy atom. The normalized spacial score (nSPS) is 12.5. The van der Waals surface area contributed by atoms with E-state index in [2.05, 4.69) is 140 Å². The Morgan fingerprint density at radius 3 is 0.915 bits per heavy atom. The molecule has 0 radical (unpaired) electrons. The van der Waals surface area contributed by atoms with Gasteiger partial charge in [-0.25, -0.2) is 0 Å². The Labute approximate surface area is 478 Å². The summed E-state index contributed by atoms with van der Waals surface area (Å²) in [4.78, 5) is 0. The molecule has 2 atom stereocenters. The predicted octanol–water partition coefficient (Wildman–Crippen LogP) is 21.1. The van der Waals surface area contributed by atoms with Gasteiger partial charge in [-0.1, -0.05) is 180 Å². The largest absolute Gasteiger partial charge is 0.507 e. The van der Waals surface area contributed by atoms with Crippen LogP contribution in [0.3, 0.4) is 0 Å². The molecule has 10 aromatic carbocycles. The third kappa shape index (κ3) is 10.3. The fraction of sp³-hybridized carbons (Fsp3) is 0.135. The minimum atomic E-state index is -0.773. The summed E-state index contributed by atoms with van der Waals surface area (Å²) in [5, 5.41) is 49.2. The molecule has 2 N–H and O–H groups in total. The molecule has 0 fully saturated rings. The van der Waals surface area contributed by atoms with Crippen LogP contribution in [0.4, 0.5) is 11.4 Å². The molecule has 12 aromatic rings. The van der Waals surface area contributed by atoms with E-state index < -0.39 is 12.1 Å². The van der Waals surface area contributed by atoms with E-state index in [1.807, 2.05) is 121 Å². The number of rotatable bonds is 13. The lowest BCUT2D eigenvalue weighted by Gasteiger charge is -2.18. The van der Waals surface area contributed by atoms with E-state index in [1.165, 1.54) is 0 Å². The molecule has 0 aliphatic heterocycles. The fourth-order valence-electron chi connectivity index (χ4n) is 10.9. The molecule has 0 amide bonds. The molecule has 12 rings (SSSR count). The van der Waals surface area contributed by atoms with Gasteiger partial charge in [-0.15, -0.1) is 0 Å². The van der Waals surface area contributed by atoms with E-state index in [0.29, 0.717) is 56.7 Å². The second kappa shape index (κ2) is 22.0. The first-order valence-electron chi connectivity index (χ1n) is 27.8. The van der Waals surface area contributed by atoms with Crippen molar-refractivity contribution in [1.29, 1.82) is 0 Å². The number of aromatic hydroxyl groups is 2. The molecule has 0 bridgehead atoms. The summed E-state index contributed by atoms with van der Waals surface area (Å²) in [7, 11) is 0. The molecule has 8 heteroatoms. The first-order chi connectivity index (χ1) is 39.7. The van der Waals surface area contributed by atoms with Crippen LogP contribution in [0.25, 0.3) is 77.6 Å². The van der Waals surface area contributed by atoms with Gasteiger partial charge in [0.05, 0.1) is 11.4 Å². The number of aryl methyl sites for hydroxylation is 4. The third-order valence-corrected chi connectivity index (χ3v) is 16.1. The van der Waals surface area contributed by atoms with Crippen molar-refractivity contribution in [2.75, 3.05) is 0 Å². The van der Waals surface area contributed by atoms with Crippen molar-refractivity contribution in [3.8, 4) is 67.5 Å². The zero-order chi connectivity index (χ0) is 56.8. The van der Waals surface area contributed by atoms with E-state index in [4.69, 9.17) is 29.3 Å². The van der Waals surface area contributed by atoms with Crippen LogP contribution in [-0.2, 0) is 0 Å². The van der Waals surface area contributed by atoms with E-state index in [1.54, 1.807) is 0 Å². The summed E-state index contributed by atoms with van der Waals surface area (Å²) in [6.45, 7) is 16.4. The summed E-state index contributed by atoms with van der Waals surface area (Å²) < 4.78 is 14.5. The molecule has 8 nitrogen and oxygen atoms in total. The summed E-state index contributed by atoms with van der Waals surface area (Å²) in [6.07, 6.45) is 0. The van der Waals surface area contributed by atoms with Crippen LogP contribution in [-0.4, -0.2) is 10.2 Å². The number of furan rings is 2. The highest BCUT2D eigenvalue weighted by molar-refractivity contribution is 5.87. The average Bonchev–Trinajstić information content (AvgIpc) is 4.18. The average molecular weight is 1070 g/mol. The fourth-order valence-corrected chi connectivity index (χ4v) is 10.9. The molecule has 0 spiro atoms. The van der Waals surface area contributed by atoms with Crippen LogP contribution in [0, 0.1) is 55.4 Å². The Kier molecular flexibility index (Phi) is 14.1. The van der Waals surface area contributed by atoms with Gasteiger partial charge < -0.3 is 19.0 Å². The highest BCUT2D eigenvalue weighted by Gasteiger charge is 2.32. The topological polar surface area (TPSA) is 116 Å². The number of nitrogens with zero attached hydrogens (tertiary/aromatic N) is 4. The monoisotopic (exact) mass is 1070 g/mol. The second-order valence-corrected chi connectivity index (χ2v) is 21.8. The highest BCUT2D eigenvalue weighted by atomic mass is 16.4. The molecule has 2 heterocycles. The third-order valence-electron chi connectivity index (χ3n) is 16.1. The standard InChI is InChI=1S/C74H62N4O4/c1-43-17-25-53(26-18-43)63-39-59(40-64(69(63)79)54-27-19-44(2)20-28-54)67(77-75-61-35-33-51-13-9-11-15-57(51)37-61)71-47(5)49(7)73(81-71)74-50(8)48(6)72(82-74)68(78-76-62-36-34-52-14-10-12-16-58(52)38-62)60-41-65(55-29-21-45(3)22-30-55)70(80)66(42-60)56-31-23-46(4)24-32-56/h9-42,67-68,79-80H,1-8H3. The molecular formula is C74H62N4O4. The molecule has 2 aromatic heterocycles. The van der Waals surface area contributed by atoms with Crippen LogP contribution >= 0.6 is 0 Å². The van der Waals surface area contributed by atoms with Gasteiger partial charge in [-0.05, 0) is 170 Å². The number of fused-ring (bicyclic) bond motifs is 2. The van der Waals surface area contributed by atoms with Gasteiger partial charge in [0.15, 0.2) is 23.6 Å². The predicted molar refractivity (Wildman–Crippen MR) is 333 cm³/mol. The van der Waals surface area contributed by atoms with Gasteiger partial charge in [0.2, 0.25) is 0 Å². The maximum absolute atomic E-state index is 12.3. The Balaban J connectivity index is 1.04. The zero-order valence-electron chi connectivity index (χ0n) is 47.3. The Bertz CT molecular complexity index is 4010. The molecular weight excluding hydrogens is 1010 g/mol. The van der Waals surface area contributed by atoms with E-state index in [9.17, 15) is 10.2 Å². The summed E-state index contributed by atoms with van der Waals surface area (Å²) >= 11 is 0. The molecule has 2 unspecified atom stereocenters. The Morgan fingerprint density at radius 2 is 0.610 bits per heavy atom. The van der Waals surface area contributed by atoms with Crippen LogP contribution in [0.1, 0.15) is 79.2 Å². The maximum atomic E-state index is 12.3. The summed E-state index contributed by atoms with van der Waals surface area (Å²) in [6, 6.07) is 67.8. The van der Waals surface area contributed by atoms with E-state index in [-0.39, 0.29) is 11.5 Å². The van der Waals surface area contributed by atoms with Crippen molar-refractivity contribution < 1.29 is 19.0 Å². The summed E-state index contributed by atoms with van der Waals surface area (Å²) in [5.41, 5.74) is 17.0. The van der Waals surface area contributed by atoms with Crippen LogP contribution in [0.15, 0.2) is 236 Å².